The molecule has 0 saturated carbocycles. The zero-order valence-corrected chi connectivity index (χ0v) is 9.45. The Labute approximate surface area is 103 Å². The smallest absolute Gasteiger partial charge is 0.309 e. The molecule has 0 aliphatic heterocycles. The Bertz CT molecular complexity index is 505. The number of urea groups is 1. The molecule has 0 aliphatic carbocycles. The number of hydrogen-bond donors (Lipinski definition) is 4. The minimum atomic E-state index is -0.833. The lowest BCUT2D eigenvalue weighted by atomic mass is 10.2. The van der Waals surface area contributed by atoms with Crippen molar-refractivity contribution in [3.05, 3.63) is 30.3 Å². The van der Waals surface area contributed by atoms with Crippen molar-refractivity contribution in [2.45, 2.75) is 0 Å². The van der Waals surface area contributed by atoms with E-state index in [9.17, 15) is 0 Å². The average Bonchev–Trinajstić information content (AvgIpc) is 2.28. The second-order valence-corrected chi connectivity index (χ2v) is 3.14. The maximum atomic E-state index is 9.00. The van der Waals surface area contributed by atoms with E-state index in [1.165, 1.54) is 0 Å². The van der Waals surface area contributed by atoms with E-state index in [1.54, 1.807) is 0 Å². The van der Waals surface area contributed by atoms with Crippen LogP contribution in [-0.4, -0.2) is 21.0 Å². The van der Waals surface area contributed by atoms with E-state index in [2.05, 4.69) is 26.4 Å². The third kappa shape index (κ3) is 4.31. The summed E-state index contributed by atoms with van der Waals surface area (Å²) < 4.78 is 0. The van der Waals surface area contributed by atoms with Gasteiger partial charge in [-0.3, -0.25) is 0 Å². The zero-order chi connectivity index (χ0) is 13.5. The maximum Gasteiger partial charge on any atom is 0.309 e. The molecule has 0 aliphatic rings. The molecule has 2 amide bonds. The summed E-state index contributed by atoms with van der Waals surface area (Å²) in [6.07, 6.45) is 0. The molecule has 2 aromatic rings. The number of primary amides is 2. The second kappa shape index (κ2) is 5.99. The fraction of sp³-hybridized carbons (Fsp3) is 0. The molecule has 1 heterocycles. The van der Waals surface area contributed by atoms with Crippen LogP contribution >= 0.6 is 0 Å². The molecule has 1 aromatic carbocycles. The van der Waals surface area contributed by atoms with Crippen LogP contribution in [-0.2, 0) is 0 Å². The molecule has 0 bridgehead atoms. The van der Waals surface area contributed by atoms with E-state index in [1.807, 2.05) is 30.3 Å². The molecular formula is C10H13N7O. The molecule has 94 valence electrons. The highest BCUT2D eigenvalue weighted by Gasteiger charge is 2.03. The highest BCUT2D eigenvalue weighted by atomic mass is 16.2. The SMILES string of the molecule is NC(N)=O.Nc1nc(N)nc(-c2ccccc2)n1. The number of hydrogen-bond acceptors (Lipinski definition) is 6. The zero-order valence-electron chi connectivity index (χ0n) is 9.45. The van der Waals surface area contributed by atoms with Gasteiger partial charge in [-0.25, -0.2) is 4.79 Å². The fourth-order valence-corrected chi connectivity index (χ4v) is 1.13. The Balaban J connectivity index is 0.000000357. The highest BCUT2D eigenvalue weighted by Crippen LogP contribution is 2.14. The molecule has 8 nitrogen and oxygen atoms in total. The molecule has 0 radical (unpaired) electrons. The van der Waals surface area contributed by atoms with Crippen molar-refractivity contribution >= 4 is 17.9 Å². The first kappa shape index (κ1) is 13.2. The van der Waals surface area contributed by atoms with Crippen LogP contribution in [0, 0.1) is 0 Å². The summed E-state index contributed by atoms with van der Waals surface area (Å²) in [5, 5.41) is 0. The van der Waals surface area contributed by atoms with E-state index in [-0.39, 0.29) is 11.9 Å². The van der Waals surface area contributed by atoms with Crippen LogP contribution in [0.2, 0.25) is 0 Å². The van der Waals surface area contributed by atoms with Gasteiger partial charge in [-0.2, -0.15) is 15.0 Å². The average molecular weight is 247 g/mol. The van der Waals surface area contributed by atoms with Crippen LogP contribution in [0.5, 0.6) is 0 Å². The van der Waals surface area contributed by atoms with Crippen molar-refractivity contribution in [3.63, 3.8) is 0 Å². The summed E-state index contributed by atoms with van der Waals surface area (Å²) in [5.74, 6) is 0.767. The third-order valence-corrected chi connectivity index (χ3v) is 1.70. The number of rotatable bonds is 1. The summed E-state index contributed by atoms with van der Waals surface area (Å²) >= 11 is 0. The summed E-state index contributed by atoms with van der Waals surface area (Å²) in [6.45, 7) is 0. The van der Waals surface area contributed by atoms with E-state index >= 15 is 0 Å². The molecule has 0 saturated heterocycles. The van der Waals surface area contributed by atoms with Crippen LogP contribution in [0.3, 0.4) is 0 Å². The molecule has 0 spiro atoms. The van der Waals surface area contributed by atoms with Gasteiger partial charge in [0.25, 0.3) is 0 Å². The van der Waals surface area contributed by atoms with Gasteiger partial charge >= 0.3 is 6.03 Å². The van der Waals surface area contributed by atoms with Gasteiger partial charge in [-0.05, 0) is 0 Å². The standard InChI is InChI=1S/C9H9N5.CH4N2O/c10-8-12-7(13-9(11)14-8)6-4-2-1-3-5-6;2-1(3)4/h1-5H,(H4,10,11,12,13,14);(H4,2,3,4). The summed E-state index contributed by atoms with van der Waals surface area (Å²) in [4.78, 5) is 20.7. The Morgan fingerprint density at radius 3 is 1.78 bits per heavy atom. The van der Waals surface area contributed by atoms with Crippen LogP contribution in [0.15, 0.2) is 30.3 Å². The monoisotopic (exact) mass is 247 g/mol. The molecule has 8 heteroatoms. The maximum absolute atomic E-state index is 9.00. The van der Waals surface area contributed by atoms with Crippen molar-refractivity contribution in [1.29, 1.82) is 0 Å². The second-order valence-electron chi connectivity index (χ2n) is 3.14. The number of aromatic nitrogens is 3. The molecule has 0 unspecified atom stereocenters. The number of benzene rings is 1. The van der Waals surface area contributed by atoms with Crippen molar-refractivity contribution in [3.8, 4) is 11.4 Å². The van der Waals surface area contributed by atoms with Gasteiger partial charge < -0.3 is 22.9 Å². The molecule has 1 aromatic heterocycles. The number of nitrogens with two attached hydrogens (primary N) is 4. The Morgan fingerprint density at radius 2 is 1.33 bits per heavy atom. The quantitative estimate of drug-likeness (QED) is 0.542. The van der Waals surface area contributed by atoms with Crippen LogP contribution in [0.4, 0.5) is 16.7 Å². The Hall–Kier alpha value is -2.90. The number of anilines is 2. The molecule has 2 rings (SSSR count). The summed E-state index contributed by atoms with van der Waals surface area (Å²) in [5.41, 5.74) is 20.3. The largest absolute Gasteiger partial charge is 0.368 e. The van der Waals surface area contributed by atoms with Crippen molar-refractivity contribution < 1.29 is 4.79 Å². The van der Waals surface area contributed by atoms with E-state index in [4.69, 9.17) is 16.3 Å². The summed E-state index contributed by atoms with van der Waals surface area (Å²) in [7, 11) is 0. The minimum Gasteiger partial charge on any atom is -0.368 e. The number of nitrogens with zero attached hydrogens (tertiary/aromatic N) is 3. The molecular weight excluding hydrogens is 234 g/mol. The minimum absolute atomic E-state index is 0.136. The van der Waals surface area contributed by atoms with E-state index in [0.29, 0.717) is 5.82 Å². The van der Waals surface area contributed by atoms with Crippen molar-refractivity contribution in [1.82, 2.24) is 15.0 Å². The van der Waals surface area contributed by atoms with Gasteiger partial charge in [0, 0.05) is 5.56 Å². The van der Waals surface area contributed by atoms with Gasteiger partial charge in [-0.15, -0.1) is 0 Å². The lowest BCUT2D eigenvalue weighted by Gasteiger charge is -2.00. The van der Waals surface area contributed by atoms with Crippen LogP contribution in [0.1, 0.15) is 0 Å². The molecule has 0 fully saturated rings. The van der Waals surface area contributed by atoms with Crippen molar-refractivity contribution in [2.24, 2.45) is 11.5 Å². The first-order valence-electron chi connectivity index (χ1n) is 4.86. The first-order chi connectivity index (χ1) is 8.49. The number of nitrogen functional groups attached to an aromatic ring is 2. The lowest BCUT2D eigenvalue weighted by molar-refractivity contribution is 0.256. The molecule has 8 N–H and O–H groups in total. The fourth-order valence-electron chi connectivity index (χ4n) is 1.13. The highest BCUT2D eigenvalue weighted by molar-refractivity contribution is 5.69. The number of carbonyl (C=O) groups excluding carboxylic acids is 1. The number of carbonyl (C=O) groups is 1. The Morgan fingerprint density at radius 1 is 0.889 bits per heavy atom. The predicted molar refractivity (Wildman–Crippen MR) is 67.9 cm³/mol. The normalized spacial score (nSPS) is 9.11. The third-order valence-electron chi connectivity index (χ3n) is 1.70. The van der Waals surface area contributed by atoms with Crippen LogP contribution < -0.4 is 22.9 Å². The predicted octanol–water partition coefficient (Wildman–Crippen LogP) is -0.273. The Kier molecular flexibility index (Phi) is 4.38. The van der Waals surface area contributed by atoms with Gasteiger partial charge in [0.05, 0.1) is 0 Å². The molecule has 0 atom stereocenters. The topological polar surface area (TPSA) is 160 Å². The first-order valence-corrected chi connectivity index (χ1v) is 4.86. The number of amides is 2. The van der Waals surface area contributed by atoms with E-state index in [0.717, 1.165) is 5.56 Å². The summed E-state index contributed by atoms with van der Waals surface area (Å²) in [6, 6.07) is 8.64. The lowest BCUT2D eigenvalue weighted by Crippen LogP contribution is -2.18. The van der Waals surface area contributed by atoms with Gasteiger partial charge in [0.1, 0.15) is 0 Å². The van der Waals surface area contributed by atoms with Crippen LogP contribution in [0.25, 0.3) is 11.4 Å². The van der Waals surface area contributed by atoms with Gasteiger partial charge in [0.2, 0.25) is 11.9 Å². The van der Waals surface area contributed by atoms with Crippen molar-refractivity contribution in [2.75, 3.05) is 11.5 Å². The van der Waals surface area contributed by atoms with Gasteiger partial charge in [0.15, 0.2) is 5.82 Å². The van der Waals surface area contributed by atoms with E-state index < -0.39 is 6.03 Å². The van der Waals surface area contributed by atoms with Gasteiger partial charge in [-0.1, -0.05) is 30.3 Å². The molecule has 18 heavy (non-hydrogen) atoms.